The minimum Gasteiger partial charge on any atom is -0.385 e. The van der Waals surface area contributed by atoms with Gasteiger partial charge in [-0.3, -0.25) is 0 Å². The number of rotatable bonds is 1. The van der Waals surface area contributed by atoms with Crippen LogP contribution >= 0.6 is 11.3 Å². The molecule has 0 aromatic carbocycles. The van der Waals surface area contributed by atoms with E-state index in [1.54, 1.807) is 17.5 Å². The number of hydrogen-bond acceptors (Lipinski definition) is 3. The lowest BCUT2D eigenvalue weighted by Gasteiger charge is -1.84. The first-order chi connectivity index (χ1) is 5.36. The molecular formula is C7H7N3S. The smallest absolute Gasteiger partial charge is 0.124 e. The highest BCUT2D eigenvalue weighted by Crippen LogP contribution is 2.22. The number of nitrogens with two attached hydrogens (primary N) is 1. The van der Waals surface area contributed by atoms with Gasteiger partial charge in [0.25, 0.3) is 0 Å². The van der Waals surface area contributed by atoms with Gasteiger partial charge in [-0.05, 0) is 6.07 Å². The molecule has 0 aliphatic carbocycles. The molecule has 0 saturated heterocycles. The van der Waals surface area contributed by atoms with Gasteiger partial charge in [-0.25, -0.2) is 4.98 Å². The summed E-state index contributed by atoms with van der Waals surface area (Å²) in [4.78, 5) is 7.04. The average molecular weight is 165 g/mol. The standard InChI is InChI=1S/C7H7N3S/c8-6-3-5(4-10-6)7-9-1-2-11-7/h1-4,10H,8H2. The van der Waals surface area contributed by atoms with Crippen LogP contribution in [0.25, 0.3) is 10.6 Å². The highest BCUT2D eigenvalue weighted by atomic mass is 32.1. The fourth-order valence-electron chi connectivity index (χ4n) is 0.901. The van der Waals surface area contributed by atoms with Gasteiger partial charge in [0.05, 0.1) is 0 Å². The molecule has 0 bridgehead atoms. The van der Waals surface area contributed by atoms with Gasteiger partial charge < -0.3 is 10.7 Å². The lowest BCUT2D eigenvalue weighted by atomic mass is 10.3. The van der Waals surface area contributed by atoms with E-state index in [0.717, 1.165) is 10.6 Å². The van der Waals surface area contributed by atoms with Crippen molar-refractivity contribution in [3.63, 3.8) is 0 Å². The number of aromatic nitrogens is 2. The number of thiazole rings is 1. The van der Waals surface area contributed by atoms with Gasteiger partial charge in [0.1, 0.15) is 10.8 Å². The predicted octanol–water partition coefficient (Wildman–Crippen LogP) is 1.72. The average Bonchev–Trinajstić information content (AvgIpc) is 2.55. The van der Waals surface area contributed by atoms with Gasteiger partial charge in [0, 0.05) is 23.3 Å². The number of aromatic amines is 1. The van der Waals surface area contributed by atoms with E-state index >= 15 is 0 Å². The molecule has 0 atom stereocenters. The molecule has 2 aromatic heterocycles. The molecule has 0 unspecified atom stereocenters. The van der Waals surface area contributed by atoms with E-state index < -0.39 is 0 Å². The Morgan fingerprint density at radius 3 is 3.00 bits per heavy atom. The van der Waals surface area contributed by atoms with Crippen LogP contribution in [0.5, 0.6) is 0 Å². The summed E-state index contributed by atoms with van der Waals surface area (Å²) in [6, 6.07) is 1.87. The Morgan fingerprint density at radius 1 is 1.55 bits per heavy atom. The summed E-state index contributed by atoms with van der Waals surface area (Å²) in [5.74, 6) is 0.676. The molecule has 2 heterocycles. The molecule has 2 aromatic rings. The predicted molar refractivity (Wildman–Crippen MR) is 46.3 cm³/mol. The van der Waals surface area contributed by atoms with Crippen molar-refractivity contribution >= 4 is 17.2 Å². The number of hydrogen-bond donors (Lipinski definition) is 2. The normalized spacial score (nSPS) is 10.2. The quantitative estimate of drug-likeness (QED) is 0.676. The summed E-state index contributed by atoms with van der Waals surface area (Å²) in [7, 11) is 0. The minimum atomic E-state index is 0.676. The molecule has 0 spiro atoms. The zero-order valence-electron chi connectivity index (χ0n) is 5.74. The summed E-state index contributed by atoms with van der Waals surface area (Å²) in [5.41, 5.74) is 6.56. The van der Waals surface area contributed by atoms with E-state index in [0.29, 0.717) is 5.82 Å². The van der Waals surface area contributed by atoms with Gasteiger partial charge in [-0.15, -0.1) is 11.3 Å². The van der Waals surface area contributed by atoms with Gasteiger partial charge >= 0.3 is 0 Å². The van der Waals surface area contributed by atoms with Crippen LogP contribution in [-0.2, 0) is 0 Å². The third-order valence-corrected chi connectivity index (χ3v) is 2.21. The van der Waals surface area contributed by atoms with Gasteiger partial charge in [-0.1, -0.05) is 0 Å². The monoisotopic (exact) mass is 165 g/mol. The maximum Gasteiger partial charge on any atom is 0.124 e. The van der Waals surface area contributed by atoms with Crippen molar-refractivity contribution in [2.75, 3.05) is 5.73 Å². The zero-order chi connectivity index (χ0) is 7.68. The molecular weight excluding hydrogens is 158 g/mol. The van der Waals surface area contributed by atoms with Crippen LogP contribution in [0.3, 0.4) is 0 Å². The van der Waals surface area contributed by atoms with E-state index in [1.165, 1.54) is 0 Å². The third-order valence-electron chi connectivity index (χ3n) is 1.38. The Labute approximate surface area is 67.9 Å². The highest BCUT2D eigenvalue weighted by Gasteiger charge is 2.00. The first-order valence-corrected chi connectivity index (χ1v) is 4.08. The summed E-state index contributed by atoms with van der Waals surface area (Å²) in [6.07, 6.45) is 3.64. The molecule has 56 valence electrons. The fraction of sp³-hybridized carbons (Fsp3) is 0. The molecule has 0 aliphatic rings. The first-order valence-electron chi connectivity index (χ1n) is 3.20. The van der Waals surface area contributed by atoms with Gasteiger partial charge in [0.15, 0.2) is 0 Å². The molecule has 0 fully saturated rings. The molecule has 3 N–H and O–H groups in total. The largest absolute Gasteiger partial charge is 0.385 e. The Kier molecular flexibility index (Phi) is 1.40. The molecule has 3 nitrogen and oxygen atoms in total. The van der Waals surface area contributed by atoms with Crippen molar-refractivity contribution in [3.8, 4) is 10.6 Å². The number of nitrogens with zero attached hydrogens (tertiary/aromatic N) is 1. The Balaban J connectivity index is 2.45. The van der Waals surface area contributed by atoms with E-state index in [-0.39, 0.29) is 0 Å². The van der Waals surface area contributed by atoms with Crippen molar-refractivity contribution in [1.29, 1.82) is 0 Å². The summed E-state index contributed by atoms with van der Waals surface area (Å²) >= 11 is 1.60. The van der Waals surface area contributed by atoms with E-state index in [4.69, 9.17) is 5.73 Å². The topological polar surface area (TPSA) is 54.7 Å². The lowest BCUT2D eigenvalue weighted by Crippen LogP contribution is -1.79. The second-order valence-electron chi connectivity index (χ2n) is 2.18. The van der Waals surface area contributed by atoms with Crippen LogP contribution in [0.2, 0.25) is 0 Å². The van der Waals surface area contributed by atoms with Crippen LogP contribution in [0.15, 0.2) is 23.8 Å². The summed E-state index contributed by atoms with van der Waals surface area (Å²) in [6.45, 7) is 0. The SMILES string of the molecule is Nc1cc(-c2nccs2)c[nH]1. The van der Waals surface area contributed by atoms with E-state index in [2.05, 4.69) is 9.97 Å². The second-order valence-corrected chi connectivity index (χ2v) is 3.08. The summed E-state index contributed by atoms with van der Waals surface area (Å²) in [5, 5.41) is 2.94. The van der Waals surface area contributed by atoms with Gasteiger partial charge in [0.2, 0.25) is 0 Å². The van der Waals surface area contributed by atoms with Crippen LogP contribution in [-0.4, -0.2) is 9.97 Å². The van der Waals surface area contributed by atoms with Crippen LogP contribution in [0.4, 0.5) is 5.82 Å². The fourth-order valence-corrected chi connectivity index (χ4v) is 1.53. The Morgan fingerprint density at radius 2 is 2.45 bits per heavy atom. The van der Waals surface area contributed by atoms with Crippen molar-refractivity contribution < 1.29 is 0 Å². The maximum atomic E-state index is 5.51. The Hall–Kier alpha value is -1.29. The molecule has 0 saturated carbocycles. The van der Waals surface area contributed by atoms with Crippen molar-refractivity contribution in [3.05, 3.63) is 23.8 Å². The molecule has 2 rings (SSSR count). The maximum absolute atomic E-state index is 5.51. The van der Waals surface area contributed by atoms with Crippen LogP contribution in [0, 0.1) is 0 Å². The molecule has 0 aliphatic heterocycles. The molecule has 0 amide bonds. The molecule has 0 radical (unpaired) electrons. The van der Waals surface area contributed by atoms with Crippen LogP contribution < -0.4 is 5.73 Å². The lowest BCUT2D eigenvalue weighted by molar-refractivity contribution is 1.39. The summed E-state index contributed by atoms with van der Waals surface area (Å²) < 4.78 is 0. The van der Waals surface area contributed by atoms with Crippen LogP contribution in [0.1, 0.15) is 0 Å². The van der Waals surface area contributed by atoms with E-state index in [1.807, 2.05) is 17.6 Å². The molecule has 11 heavy (non-hydrogen) atoms. The third kappa shape index (κ3) is 1.12. The Bertz CT molecular complexity index is 336. The second kappa shape index (κ2) is 2.39. The number of nitrogens with one attached hydrogen (secondary N) is 1. The van der Waals surface area contributed by atoms with Crippen molar-refractivity contribution in [1.82, 2.24) is 9.97 Å². The van der Waals surface area contributed by atoms with Crippen molar-refractivity contribution in [2.45, 2.75) is 0 Å². The first kappa shape index (κ1) is 6.42. The number of nitrogen functional groups attached to an aromatic ring is 1. The van der Waals surface area contributed by atoms with Gasteiger partial charge in [-0.2, -0.15) is 0 Å². The zero-order valence-corrected chi connectivity index (χ0v) is 6.56. The highest BCUT2D eigenvalue weighted by molar-refractivity contribution is 7.13. The van der Waals surface area contributed by atoms with E-state index in [9.17, 15) is 0 Å². The number of anilines is 1. The number of H-pyrrole nitrogens is 1. The minimum absolute atomic E-state index is 0.676. The molecule has 4 heteroatoms. The van der Waals surface area contributed by atoms with Crippen molar-refractivity contribution in [2.24, 2.45) is 0 Å².